The van der Waals surface area contributed by atoms with Crippen LogP contribution in [0, 0.1) is 13.8 Å². The van der Waals surface area contributed by atoms with Crippen LogP contribution in [0.3, 0.4) is 0 Å². The van der Waals surface area contributed by atoms with Gasteiger partial charge in [-0.25, -0.2) is 5.43 Å². The molecule has 0 aromatic heterocycles. The lowest BCUT2D eigenvalue weighted by molar-refractivity contribution is 0.0954. The highest BCUT2D eigenvalue weighted by Gasteiger charge is 2.11. The van der Waals surface area contributed by atoms with E-state index in [4.69, 9.17) is 9.47 Å². The first-order valence-corrected chi connectivity index (χ1v) is 7.60. The normalized spacial score (nSPS) is 11.1. The number of ether oxygens (including phenoxy) is 2. The third kappa shape index (κ3) is 3.93. The number of nitrogens with one attached hydrogen (secondary N) is 1. The summed E-state index contributed by atoms with van der Waals surface area (Å²) in [6, 6.07) is 11.1. The van der Waals surface area contributed by atoms with Gasteiger partial charge in [0.25, 0.3) is 5.91 Å². The fraction of sp³-hybridized carbons (Fsp3) is 0.263. The molecule has 1 N–H and O–H groups in total. The summed E-state index contributed by atoms with van der Waals surface area (Å²) in [4.78, 5) is 12.3. The summed E-state index contributed by atoms with van der Waals surface area (Å²) in [7, 11) is 3.08. The van der Waals surface area contributed by atoms with Gasteiger partial charge in [-0.1, -0.05) is 17.7 Å². The Balaban J connectivity index is 2.19. The van der Waals surface area contributed by atoms with Crippen molar-refractivity contribution in [1.82, 2.24) is 5.43 Å². The van der Waals surface area contributed by atoms with Gasteiger partial charge in [-0.15, -0.1) is 0 Å². The Hall–Kier alpha value is -2.82. The number of hydrogen-bond acceptors (Lipinski definition) is 4. The number of benzene rings is 2. The van der Waals surface area contributed by atoms with E-state index in [1.54, 1.807) is 25.3 Å². The Morgan fingerprint density at radius 1 is 1.00 bits per heavy atom. The number of methoxy groups -OCH3 is 2. The van der Waals surface area contributed by atoms with E-state index in [9.17, 15) is 4.79 Å². The molecule has 1 amide bonds. The molecule has 24 heavy (non-hydrogen) atoms. The number of hydrazone groups is 1. The summed E-state index contributed by atoms with van der Waals surface area (Å²) in [5.41, 5.74) is 7.07. The van der Waals surface area contributed by atoms with Gasteiger partial charge in [-0.3, -0.25) is 4.79 Å². The number of carbonyl (C=O) groups excluding carboxylic acids is 1. The number of amides is 1. The first-order valence-electron chi connectivity index (χ1n) is 7.60. The molecule has 0 aliphatic carbocycles. The SMILES string of the molecule is COc1ccc(C(=O)N/N=C(\C)c2cc(C)ccc2C)cc1OC. The number of aryl methyl sites for hydroxylation is 2. The molecule has 0 aliphatic heterocycles. The molecule has 0 radical (unpaired) electrons. The van der Waals surface area contributed by atoms with Gasteiger partial charge in [0.15, 0.2) is 11.5 Å². The van der Waals surface area contributed by atoms with Gasteiger partial charge in [0.2, 0.25) is 0 Å². The van der Waals surface area contributed by atoms with E-state index in [2.05, 4.69) is 16.6 Å². The van der Waals surface area contributed by atoms with Crippen LogP contribution in [0.2, 0.25) is 0 Å². The lowest BCUT2D eigenvalue weighted by atomic mass is 10.0. The highest BCUT2D eigenvalue weighted by atomic mass is 16.5. The summed E-state index contributed by atoms with van der Waals surface area (Å²) >= 11 is 0. The number of carbonyl (C=O) groups is 1. The van der Waals surface area contributed by atoms with Crippen molar-refractivity contribution < 1.29 is 14.3 Å². The van der Waals surface area contributed by atoms with E-state index in [1.807, 2.05) is 32.9 Å². The van der Waals surface area contributed by atoms with Gasteiger partial charge in [-0.05, 0) is 50.6 Å². The molecule has 0 heterocycles. The molecule has 2 rings (SSSR count). The Morgan fingerprint density at radius 2 is 1.71 bits per heavy atom. The van der Waals surface area contributed by atoms with Crippen molar-refractivity contribution in [1.29, 1.82) is 0 Å². The van der Waals surface area contributed by atoms with Crippen LogP contribution in [0.4, 0.5) is 0 Å². The van der Waals surface area contributed by atoms with Crippen LogP contribution in [0.25, 0.3) is 0 Å². The van der Waals surface area contributed by atoms with E-state index in [0.717, 1.165) is 22.4 Å². The van der Waals surface area contributed by atoms with Crippen molar-refractivity contribution in [2.45, 2.75) is 20.8 Å². The lowest BCUT2D eigenvalue weighted by Crippen LogP contribution is -2.19. The average Bonchev–Trinajstić information content (AvgIpc) is 2.60. The van der Waals surface area contributed by atoms with E-state index < -0.39 is 0 Å². The van der Waals surface area contributed by atoms with Gasteiger partial charge in [0.1, 0.15) is 0 Å². The predicted octanol–water partition coefficient (Wildman–Crippen LogP) is 3.47. The van der Waals surface area contributed by atoms with Crippen LogP contribution in [-0.2, 0) is 0 Å². The van der Waals surface area contributed by atoms with Crippen molar-refractivity contribution in [3.05, 3.63) is 58.7 Å². The zero-order valence-corrected chi connectivity index (χ0v) is 14.6. The number of hydrogen-bond donors (Lipinski definition) is 1. The van der Waals surface area contributed by atoms with Crippen molar-refractivity contribution in [3.63, 3.8) is 0 Å². The second kappa shape index (κ2) is 7.64. The van der Waals surface area contributed by atoms with Gasteiger partial charge in [-0.2, -0.15) is 5.10 Å². The summed E-state index contributed by atoms with van der Waals surface area (Å²) < 4.78 is 10.4. The van der Waals surface area contributed by atoms with Crippen LogP contribution < -0.4 is 14.9 Å². The fourth-order valence-electron chi connectivity index (χ4n) is 2.36. The smallest absolute Gasteiger partial charge is 0.271 e. The van der Waals surface area contributed by atoms with Crippen LogP contribution in [0.1, 0.15) is 34.0 Å². The van der Waals surface area contributed by atoms with Crippen LogP contribution in [-0.4, -0.2) is 25.8 Å². The van der Waals surface area contributed by atoms with E-state index in [0.29, 0.717) is 17.1 Å². The van der Waals surface area contributed by atoms with Gasteiger partial charge < -0.3 is 9.47 Å². The van der Waals surface area contributed by atoms with Gasteiger partial charge in [0.05, 0.1) is 19.9 Å². The summed E-state index contributed by atoms with van der Waals surface area (Å²) in [5, 5.41) is 4.22. The topological polar surface area (TPSA) is 59.9 Å². The minimum absolute atomic E-state index is 0.305. The molecule has 0 aliphatic rings. The predicted molar refractivity (Wildman–Crippen MR) is 95.1 cm³/mol. The van der Waals surface area contributed by atoms with Crippen molar-refractivity contribution in [3.8, 4) is 11.5 Å². The molecule has 0 fully saturated rings. The second-order valence-corrected chi connectivity index (χ2v) is 5.53. The van der Waals surface area contributed by atoms with Crippen molar-refractivity contribution in [2.75, 3.05) is 14.2 Å². The van der Waals surface area contributed by atoms with Gasteiger partial charge in [0, 0.05) is 11.1 Å². The standard InChI is InChI=1S/C19H22N2O3/c1-12-6-7-13(2)16(10-12)14(3)20-21-19(22)15-8-9-17(23-4)18(11-15)24-5/h6-11H,1-5H3,(H,21,22)/b20-14+. The van der Waals surface area contributed by atoms with E-state index in [-0.39, 0.29) is 5.91 Å². The molecular formula is C19H22N2O3. The molecule has 0 bridgehead atoms. The molecular weight excluding hydrogens is 304 g/mol. The maximum Gasteiger partial charge on any atom is 0.271 e. The zero-order chi connectivity index (χ0) is 17.7. The molecule has 2 aromatic rings. The molecule has 0 saturated carbocycles. The minimum Gasteiger partial charge on any atom is -0.493 e. The molecule has 0 unspecified atom stereocenters. The molecule has 0 spiro atoms. The minimum atomic E-state index is -0.305. The molecule has 5 nitrogen and oxygen atoms in total. The van der Waals surface area contributed by atoms with Gasteiger partial charge >= 0.3 is 0 Å². The number of rotatable bonds is 5. The average molecular weight is 326 g/mol. The van der Waals surface area contributed by atoms with E-state index >= 15 is 0 Å². The molecule has 126 valence electrons. The quantitative estimate of drug-likeness (QED) is 0.676. The van der Waals surface area contributed by atoms with Crippen molar-refractivity contribution >= 4 is 11.6 Å². The van der Waals surface area contributed by atoms with Crippen LogP contribution in [0.5, 0.6) is 11.5 Å². The summed E-state index contributed by atoms with van der Waals surface area (Å²) in [6.07, 6.45) is 0. The van der Waals surface area contributed by atoms with Crippen LogP contribution in [0.15, 0.2) is 41.5 Å². The maximum absolute atomic E-state index is 12.3. The second-order valence-electron chi connectivity index (χ2n) is 5.53. The molecule has 2 aromatic carbocycles. The Bertz CT molecular complexity index is 782. The Morgan fingerprint density at radius 3 is 2.38 bits per heavy atom. The number of nitrogens with zero attached hydrogens (tertiary/aromatic N) is 1. The summed E-state index contributed by atoms with van der Waals surface area (Å²) in [5.74, 6) is 0.769. The lowest BCUT2D eigenvalue weighted by Gasteiger charge is -2.09. The molecule has 0 saturated heterocycles. The Kier molecular flexibility index (Phi) is 5.58. The third-order valence-corrected chi connectivity index (χ3v) is 3.75. The highest BCUT2D eigenvalue weighted by Crippen LogP contribution is 2.27. The largest absolute Gasteiger partial charge is 0.493 e. The fourth-order valence-corrected chi connectivity index (χ4v) is 2.36. The van der Waals surface area contributed by atoms with E-state index in [1.165, 1.54) is 7.11 Å². The summed E-state index contributed by atoms with van der Waals surface area (Å²) in [6.45, 7) is 5.92. The Labute approximate surface area is 142 Å². The molecule has 0 atom stereocenters. The first kappa shape index (κ1) is 17.5. The monoisotopic (exact) mass is 326 g/mol. The molecule has 5 heteroatoms. The maximum atomic E-state index is 12.3. The van der Waals surface area contributed by atoms with Crippen LogP contribution >= 0.6 is 0 Å². The first-order chi connectivity index (χ1) is 11.5. The van der Waals surface area contributed by atoms with Crippen molar-refractivity contribution in [2.24, 2.45) is 5.10 Å². The highest BCUT2D eigenvalue weighted by molar-refractivity contribution is 6.02. The third-order valence-electron chi connectivity index (χ3n) is 3.75. The zero-order valence-electron chi connectivity index (χ0n) is 14.6.